The minimum Gasteiger partial charge on any atom is -0.484 e. The van der Waals surface area contributed by atoms with Crippen LogP contribution in [-0.2, 0) is 4.79 Å². The number of piperazine rings is 1. The van der Waals surface area contributed by atoms with E-state index in [2.05, 4.69) is 4.98 Å². The van der Waals surface area contributed by atoms with Gasteiger partial charge in [0.1, 0.15) is 17.4 Å². The molecule has 26 heavy (non-hydrogen) atoms. The standard InChI is InChI=1S/C18H18FN3O4/c19-13-4-6-14(7-5-13)26-12-17(23)22-10-8-21(9-11-22)16-3-1-2-15(20-16)18(24)25/h1-7H,8-12H2,(H,24,25). The predicted octanol–water partition coefficient (Wildman–Crippen LogP) is 1.65. The molecule has 1 N–H and O–H groups in total. The van der Waals surface area contributed by atoms with Gasteiger partial charge in [0, 0.05) is 26.2 Å². The first-order valence-corrected chi connectivity index (χ1v) is 8.14. The Labute approximate surface area is 149 Å². The summed E-state index contributed by atoms with van der Waals surface area (Å²) in [5.41, 5.74) is -0.00583. The van der Waals surface area contributed by atoms with E-state index in [4.69, 9.17) is 9.84 Å². The number of aromatic carboxylic acids is 1. The molecule has 1 aromatic heterocycles. The van der Waals surface area contributed by atoms with Crippen molar-refractivity contribution in [1.29, 1.82) is 0 Å². The molecule has 0 atom stereocenters. The van der Waals surface area contributed by atoms with E-state index in [1.807, 2.05) is 4.90 Å². The number of carboxylic acid groups (broad SMARTS) is 1. The first kappa shape index (κ1) is 17.7. The quantitative estimate of drug-likeness (QED) is 0.874. The number of benzene rings is 1. The minimum absolute atomic E-state index is 0.00583. The Hall–Kier alpha value is -3.16. The van der Waals surface area contributed by atoms with Crippen LogP contribution in [0.5, 0.6) is 5.75 Å². The number of carboxylic acids is 1. The van der Waals surface area contributed by atoms with Crippen molar-refractivity contribution < 1.29 is 23.8 Å². The molecule has 1 fully saturated rings. The lowest BCUT2D eigenvalue weighted by Crippen LogP contribution is -2.50. The van der Waals surface area contributed by atoms with Crippen LogP contribution in [0.25, 0.3) is 0 Å². The largest absolute Gasteiger partial charge is 0.484 e. The first-order chi connectivity index (χ1) is 12.5. The highest BCUT2D eigenvalue weighted by Gasteiger charge is 2.22. The zero-order chi connectivity index (χ0) is 18.5. The van der Waals surface area contributed by atoms with Gasteiger partial charge in [-0.3, -0.25) is 4.79 Å². The maximum atomic E-state index is 12.8. The molecular formula is C18H18FN3O4. The van der Waals surface area contributed by atoms with Gasteiger partial charge in [0.15, 0.2) is 12.3 Å². The molecule has 3 rings (SSSR count). The molecule has 1 aliphatic rings. The van der Waals surface area contributed by atoms with Crippen LogP contribution in [0.1, 0.15) is 10.5 Å². The van der Waals surface area contributed by atoms with Crippen LogP contribution < -0.4 is 9.64 Å². The van der Waals surface area contributed by atoms with E-state index in [-0.39, 0.29) is 24.0 Å². The van der Waals surface area contributed by atoms with Gasteiger partial charge < -0.3 is 19.6 Å². The summed E-state index contributed by atoms with van der Waals surface area (Å²) in [4.78, 5) is 31.0. The van der Waals surface area contributed by atoms with E-state index in [9.17, 15) is 14.0 Å². The van der Waals surface area contributed by atoms with Crippen LogP contribution in [0.3, 0.4) is 0 Å². The number of aromatic nitrogens is 1. The van der Waals surface area contributed by atoms with Gasteiger partial charge in [-0.05, 0) is 36.4 Å². The van der Waals surface area contributed by atoms with Gasteiger partial charge in [0.05, 0.1) is 0 Å². The van der Waals surface area contributed by atoms with Crippen LogP contribution in [0.2, 0.25) is 0 Å². The number of hydrogen-bond acceptors (Lipinski definition) is 5. The molecule has 0 radical (unpaired) electrons. The van der Waals surface area contributed by atoms with Gasteiger partial charge >= 0.3 is 5.97 Å². The highest BCUT2D eigenvalue weighted by Crippen LogP contribution is 2.15. The average molecular weight is 359 g/mol. The molecule has 0 unspecified atom stereocenters. The van der Waals surface area contributed by atoms with Crippen molar-refractivity contribution in [1.82, 2.24) is 9.88 Å². The van der Waals surface area contributed by atoms with Crippen LogP contribution >= 0.6 is 0 Å². The molecule has 1 saturated heterocycles. The monoisotopic (exact) mass is 359 g/mol. The molecule has 0 saturated carbocycles. The summed E-state index contributed by atoms with van der Waals surface area (Å²) in [5.74, 6) is -0.562. The van der Waals surface area contributed by atoms with Crippen molar-refractivity contribution in [3.63, 3.8) is 0 Å². The number of carbonyl (C=O) groups is 2. The number of nitrogens with zero attached hydrogens (tertiary/aromatic N) is 3. The Morgan fingerprint density at radius 1 is 1.08 bits per heavy atom. The van der Waals surface area contributed by atoms with Crippen LogP contribution in [0.4, 0.5) is 10.2 Å². The van der Waals surface area contributed by atoms with E-state index >= 15 is 0 Å². The number of halogens is 1. The molecule has 1 aromatic carbocycles. The first-order valence-electron chi connectivity index (χ1n) is 8.14. The molecule has 2 heterocycles. The molecule has 0 aliphatic carbocycles. The number of anilines is 1. The van der Waals surface area contributed by atoms with Crippen LogP contribution in [0, 0.1) is 5.82 Å². The highest BCUT2D eigenvalue weighted by atomic mass is 19.1. The molecular weight excluding hydrogens is 341 g/mol. The fourth-order valence-corrected chi connectivity index (χ4v) is 2.67. The third kappa shape index (κ3) is 4.27. The summed E-state index contributed by atoms with van der Waals surface area (Å²) >= 11 is 0. The van der Waals surface area contributed by atoms with Crippen molar-refractivity contribution >= 4 is 17.7 Å². The molecule has 1 amide bonds. The SMILES string of the molecule is O=C(O)c1cccc(N2CCN(C(=O)COc3ccc(F)cc3)CC2)n1. The zero-order valence-electron chi connectivity index (χ0n) is 14.0. The van der Waals surface area contributed by atoms with Crippen molar-refractivity contribution in [3.05, 3.63) is 54.0 Å². The average Bonchev–Trinajstić information content (AvgIpc) is 2.67. The smallest absolute Gasteiger partial charge is 0.354 e. The third-order valence-electron chi connectivity index (χ3n) is 4.09. The normalized spacial score (nSPS) is 14.2. The number of amides is 1. The van der Waals surface area contributed by atoms with E-state index in [1.165, 1.54) is 30.3 Å². The van der Waals surface area contributed by atoms with Crippen molar-refractivity contribution in [2.45, 2.75) is 0 Å². The summed E-state index contributed by atoms with van der Waals surface area (Å²) in [5, 5.41) is 9.02. The third-order valence-corrected chi connectivity index (χ3v) is 4.09. The van der Waals surface area contributed by atoms with E-state index in [0.29, 0.717) is 37.7 Å². The van der Waals surface area contributed by atoms with E-state index < -0.39 is 5.97 Å². The highest BCUT2D eigenvalue weighted by molar-refractivity contribution is 5.85. The summed E-state index contributed by atoms with van der Waals surface area (Å²) in [6.45, 7) is 1.98. The topological polar surface area (TPSA) is 83.0 Å². The Morgan fingerprint density at radius 3 is 2.42 bits per heavy atom. The number of rotatable bonds is 5. The lowest BCUT2D eigenvalue weighted by molar-refractivity contribution is -0.133. The molecule has 8 heteroatoms. The number of ether oxygens (including phenoxy) is 1. The summed E-state index contributed by atoms with van der Waals surface area (Å²) in [6.07, 6.45) is 0. The molecule has 1 aliphatic heterocycles. The maximum Gasteiger partial charge on any atom is 0.354 e. The van der Waals surface area contributed by atoms with Crippen LogP contribution in [-0.4, -0.2) is 59.7 Å². The lowest BCUT2D eigenvalue weighted by atomic mass is 10.3. The fourth-order valence-electron chi connectivity index (χ4n) is 2.67. The Kier molecular flexibility index (Phi) is 5.31. The molecule has 0 bridgehead atoms. The van der Waals surface area contributed by atoms with Crippen molar-refractivity contribution in [2.24, 2.45) is 0 Å². The van der Waals surface area contributed by atoms with Crippen molar-refractivity contribution in [2.75, 3.05) is 37.7 Å². The molecule has 136 valence electrons. The Bertz CT molecular complexity index is 789. The van der Waals surface area contributed by atoms with Crippen molar-refractivity contribution in [3.8, 4) is 5.75 Å². The van der Waals surface area contributed by atoms with Gasteiger partial charge in [-0.25, -0.2) is 14.2 Å². The summed E-state index contributed by atoms with van der Waals surface area (Å²) in [6, 6.07) is 10.3. The molecule has 7 nitrogen and oxygen atoms in total. The maximum absolute atomic E-state index is 12.8. The van der Waals surface area contributed by atoms with Gasteiger partial charge in [-0.15, -0.1) is 0 Å². The Morgan fingerprint density at radius 2 is 1.77 bits per heavy atom. The zero-order valence-corrected chi connectivity index (χ0v) is 14.0. The fraction of sp³-hybridized carbons (Fsp3) is 0.278. The second kappa shape index (κ2) is 7.81. The number of carbonyl (C=O) groups excluding carboxylic acids is 1. The summed E-state index contributed by atoms with van der Waals surface area (Å²) < 4.78 is 18.2. The number of hydrogen-bond donors (Lipinski definition) is 1. The minimum atomic E-state index is -1.07. The van der Waals surface area contributed by atoms with E-state index in [0.717, 1.165) is 0 Å². The second-order valence-corrected chi connectivity index (χ2v) is 5.80. The molecule has 0 spiro atoms. The van der Waals surface area contributed by atoms with E-state index in [1.54, 1.807) is 17.0 Å². The second-order valence-electron chi connectivity index (χ2n) is 5.80. The predicted molar refractivity (Wildman–Crippen MR) is 91.9 cm³/mol. The Balaban J connectivity index is 1.51. The summed E-state index contributed by atoms with van der Waals surface area (Å²) in [7, 11) is 0. The van der Waals surface area contributed by atoms with Gasteiger partial charge in [0.2, 0.25) is 0 Å². The number of pyridine rings is 1. The van der Waals surface area contributed by atoms with Gasteiger partial charge in [-0.2, -0.15) is 0 Å². The van der Waals surface area contributed by atoms with Gasteiger partial charge in [0.25, 0.3) is 5.91 Å². The van der Waals surface area contributed by atoms with Crippen LogP contribution in [0.15, 0.2) is 42.5 Å². The van der Waals surface area contributed by atoms with Gasteiger partial charge in [-0.1, -0.05) is 6.07 Å². The molecule has 2 aromatic rings. The lowest BCUT2D eigenvalue weighted by Gasteiger charge is -2.35.